The average Bonchev–Trinajstić information content (AvgIpc) is 2.26. The highest BCUT2D eigenvalue weighted by Gasteiger charge is 2.12. The summed E-state index contributed by atoms with van der Waals surface area (Å²) >= 11 is 5.91. The second kappa shape index (κ2) is 5.92. The molecule has 0 unspecified atom stereocenters. The molecule has 0 amide bonds. The minimum atomic E-state index is -0.00371. The van der Waals surface area contributed by atoms with Crippen molar-refractivity contribution in [1.82, 2.24) is 0 Å². The van der Waals surface area contributed by atoms with Crippen molar-refractivity contribution < 1.29 is 5.11 Å². The fraction of sp³-hybridized carbons (Fsp3) is 0.385. The maximum absolute atomic E-state index is 9.33. The molecule has 3 heteroatoms. The number of hydrogen-bond donors (Lipinski definition) is 1. The second-order valence-corrected chi connectivity index (χ2v) is 4.40. The quantitative estimate of drug-likeness (QED) is 0.798. The van der Waals surface area contributed by atoms with E-state index in [0.717, 1.165) is 17.8 Å². The van der Waals surface area contributed by atoms with E-state index < -0.39 is 0 Å². The van der Waals surface area contributed by atoms with Crippen LogP contribution >= 0.6 is 11.6 Å². The van der Waals surface area contributed by atoms with Crippen LogP contribution in [-0.4, -0.2) is 17.7 Å². The van der Waals surface area contributed by atoms with E-state index in [4.69, 9.17) is 11.6 Å². The largest absolute Gasteiger partial charge is 0.392 e. The standard InChI is InChI=1S/C13H18ClNO/c1-4-7-15(10(2)3)13-6-5-12(14)8-11(13)9-16/h4-6,8,10,16H,1,7,9H2,2-3H3. The third-order valence-electron chi connectivity index (χ3n) is 2.47. The number of aliphatic hydroxyl groups is 1. The lowest BCUT2D eigenvalue weighted by atomic mass is 10.1. The summed E-state index contributed by atoms with van der Waals surface area (Å²) in [5, 5.41) is 9.98. The summed E-state index contributed by atoms with van der Waals surface area (Å²) in [6, 6.07) is 5.94. The monoisotopic (exact) mass is 239 g/mol. The third-order valence-corrected chi connectivity index (χ3v) is 2.71. The molecule has 0 atom stereocenters. The van der Waals surface area contributed by atoms with Gasteiger partial charge in [-0.3, -0.25) is 0 Å². The van der Waals surface area contributed by atoms with Gasteiger partial charge in [0.25, 0.3) is 0 Å². The minimum Gasteiger partial charge on any atom is -0.392 e. The van der Waals surface area contributed by atoms with E-state index >= 15 is 0 Å². The van der Waals surface area contributed by atoms with Crippen molar-refractivity contribution in [2.24, 2.45) is 0 Å². The van der Waals surface area contributed by atoms with Gasteiger partial charge in [0, 0.05) is 28.9 Å². The van der Waals surface area contributed by atoms with E-state index in [2.05, 4.69) is 25.3 Å². The highest BCUT2D eigenvalue weighted by Crippen LogP contribution is 2.26. The zero-order valence-corrected chi connectivity index (χ0v) is 10.5. The molecular weight excluding hydrogens is 222 g/mol. The molecule has 1 rings (SSSR count). The van der Waals surface area contributed by atoms with Crippen LogP contribution in [0, 0.1) is 0 Å². The average molecular weight is 240 g/mol. The molecule has 16 heavy (non-hydrogen) atoms. The number of anilines is 1. The van der Waals surface area contributed by atoms with E-state index in [1.54, 1.807) is 6.07 Å². The number of aliphatic hydroxyl groups excluding tert-OH is 1. The number of nitrogens with zero attached hydrogens (tertiary/aromatic N) is 1. The van der Waals surface area contributed by atoms with Gasteiger partial charge in [0.15, 0.2) is 0 Å². The first kappa shape index (κ1) is 13.1. The van der Waals surface area contributed by atoms with Gasteiger partial charge in [0.05, 0.1) is 6.61 Å². The first-order valence-corrected chi connectivity index (χ1v) is 5.74. The van der Waals surface area contributed by atoms with E-state index in [-0.39, 0.29) is 6.61 Å². The van der Waals surface area contributed by atoms with Crippen LogP contribution in [-0.2, 0) is 6.61 Å². The van der Waals surface area contributed by atoms with Gasteiger partial charge < -0.3 is 10.0 Å². The van der Waals surface area contributed by atoms with E-state index in [0.29, 0.717) is 11.1 Å². The summed E-state index contributed by atoms with van der Waals surface area (Å²) < 4.78 is 0. The van der Waals surface area contributed by atoms with Crippen molar-refractivity contribution in [3.05, 3.63) is 41.4 Å². The van der Waals surface area contributed by atoms with Crippen molar-refractivity contribution in [1.29, 1.82) is 0 Å². The van der Waals surface area contributed by atoms with Gasteiger partial charge in [-0.1, -0.05) is 17.7 Å². The number of halogens is 1. The van der Waals surface area contributed by atoms with E-state index in [9.17, 15) is 5.11 Å². The molecule has 1 aromatic rings. The summed E-state index contributed by atoms with van der Waals surface area (Å²) in [7, 11) is 0. The van der Waals surface area contributed by atoms with E-state index in [1.165, 1.54) is 0 Å². The normalized spacial score (nSPS) is 10.6. The molecule has 0 aromatic heterocycles. The van der Waals surface area contributed by atoms with E-state index in [1.807, 2.05) is 18.2 Å². The van der Waals surface area contributed by atoms with Crippen LogP contribution < -0.4 is 4.90 Å². The van der Waals surface area contributed by atoms with Crippen LogP contribution in [0.5, 0.6) is 0 Å². The van der Waals surface area contributed by atoms with Crippen molar-refractivity contribution in [3.63, 3.8) is 0 Å². The van der Waals surface area contributed by atoms with Gasteiger partial charge in [-0.25, -0.2) is 0 Å². The van der Waals surface area contributed by atoms with Gasteiger partial charge in [0.1, 0.15) is 0 Å². The molecule has 0 aliphatic rings. The lowest BCUT2D eigenvalue weighted by Crippen LogP contribution is -2.31. The molecule has 88 valence electrons. The molecule has 0 aliphatic heterocycles. The lowest BCUT2D eigenvalue weighted by Gasteiger charge is -2.29. The van der Waals surface area contributed by atoms with Crippen molar-refractivity contribution in [2.45, 2.75) is 26.5 Å². The Morgan fingerprint density at radius 1 is 1.50 bits per heavy atom. The van der Waals surface area contributed by atoms with Gasteiger partial charge in [-0.15, -0.1) is 6.58 Å². The summed E-state index contributed by atoms with van der Waals surface area (Å²) in [5.74, 6) is 0. The van der Waals surface area contributed by atoms with Crippen molar-refractivity contribution in [3.8, 4) is 0 Å². The molecule has 0 spiro atoms. The predicted octanol–water partition coefficient (Wildman–Crippen LogP) is 3.23. The van der Waals surface area contributed by atoms with Gasteiger partial charge in [-0.05, 0) is 32.0 Å². The molecule has 0 bridgehead atoms. The molecule has 0 saturated carbocycles. The maximum Gasteiger partial charge on any atom is 0.0702 e. The summed E-state index contributed by atoms with van der Waals surface area (Å²) in [6.45, 7) is 8.72. The summed E-state index contributed by atoms with van der Waals surface area (Å²) in [6.07, 6.45) is 1.86. The van der Waals surface area contributed by atoms with Crippen LogP contribution in [0.3, 0.4) is 0 Å². The maximum atomic E-state index is 9.33. The first-order valence-electron chi connectivity index (χ1n) is 5.37. The molecule has 1 aromatic carbocycles. The van der Waals surface area contributed by atoms with Crippen LogP contribution in [0.1, 0.15) is 19.4 Å². The molecule has 0 saturated heterocycles. The molecule has 0 radical (unpaired) electrons. The highest BCUT2D eigenvalue weighted by atomic mass is 35.5. The van der Waals surface area contributed by atoms with Crippen LogP contribution in [0.2, 0.25) is 5.02 Å². The van der Waals surface area contributed by atoms with Gasteiger partial charge >= 0.3 is 0 Å². The highest BCUT2D eigenvalue weighted by molar-refractivity contribution is 6.30. The Kier molecular flexibility index (Phi) is 4.84. The SMILES string of the molecule is C=CCN(c1ccc(Cl)cc1CO)C(C)C. The predicted molar refractivity (Wildman–Crippen MR) is 70.1 cm³/mol. The summed E-state index contributed by atoms with van der Waals surface area (Å²) in [5.41, 5.74) is 1.87. The smallest absolute Gasteiger partial charge is 0.0702 e. The van der Waals surface area contributed by atoms with Gasteiger partial charge in [0.2, 0.25) is 0 Å². The van der Waals surface area contributed by atoms with Crippen LogP contribution in [0.4, 0.5) is 5.69 Å². The molecule has 2 nitrogen and oxygen atoms in total. The Bertz CT molecular complexity index is 363. The minimum absolute atomic E-state index is 0.00371. The lowest BCUT2D eigenvalue weighted by molar-refractivity contribution is 0.282. The first-order chi connectivity index (χ1) is 7.60. The molecule has 1 N–H and O–H groups in total. The Morgan fingerprint density at radius 3 is 2.69 bits per heavy atom. The zero-order valence-electron chi connectivity index (χ0n) is 9.78. The molecule has 0 fully saturated rings. The Balaban J connectivity index is 3.12. The summed E-state index contributed by atoms with van der Waals surface area (Å²) in [4.78, 5) is 2.18. The molecule has 0 heterocycles. The third kappa shape index (κ3) is 3.00. The second-order valence-electron chi connectivity index (χ2n) is 3.97. The topological polar surface area (TPSA) is 23.5 Å². The molecule has 0 aliphatic carbocycles. The molecular formula is C13H18ClNO. The van der Waals surface area contributed by atoms with Gasteiger partial charge in [-0.2, -0.15) is 0 Å². The van der Waals surface area contributed by atoms with Crippen LogP contribution in [0.25, 0.3) is 0 Å². The number of rotatable bonds is 5. The fourth-order valence-electron chi connectivity index (χ4n) is 1.69. The Hall–Kier alpha value is -0.990. The van der Waals surface area contributed by atoms with Crippen LogP contribution in [0.15, 0.2) is 30.9 Å². The number of benzene rings is 1. The van der Waals surface area contributed by atoms with Crippen molar-refractivity contribution >= 4 is 17.3 Å². The zero-order chi connectivity index (χ0) is 12.1. The van der Waals surface area contributed by atoms with Crippen molar-refractivity contribution in [2.75, 3.05) is 11.4 Å². The number of hydrogen-bond acceptors (Lipinski definition) is 2. The Morgan fingerprint density at radius 2 is 2.19 bits per heavy atom. The Labute approximate surface area is 102 Å². The fourth-order valence-corrected chi connectivity index (χ4v) is 1.88.